The predicted octanol–water partition coefficient (Wildman–Crippen LogP) is 2.41. The summed E-state index contributed by atoms with van der Waals surface area (Å²) < 4.78 is 42.8. The Morgan fingerprint density at radius 1 is 1.25 bits per heavy atom. The standard InChI is InChI=1S/C13H7ClF3N5O2/c14-9-5-18-4-8(19-9)6-22-2-1-7(3-10(22)23)11-20-12(24-21-11)13(15,16)17/h1-5H,6H2. The van der Waals surface area contributed by atoms with Gasteiger partial charge in [-0.3, -0.25) is 9.78 Å². The first-order chi connectivity index (χ1) is 11.3. The van der Waals surface area contributed by atoms with E-state index >= 15 is 0 Å². The molecule has 3 aromatic rings. The number of pyridine rings is 1. The Bertz CT molecular complexity index is 938. The molecule has 0 N–H and O–H groups in total. The predicted molar refractivity (Wildman–Crippen MR) is 75.1 cm³/mol. The van der Waals surface area contributed by atoms with Crippen molar-refractivity contribution in [3.8, 4) is 11.4 Å². The molecule has 0 radical (unpaired) electrons. The van der Waals surface area contributed by atoms with E-state index in [0.717, 1.165) is 6.07 Å². The molecule has 11 heteroatoms. The van der Waals surface area contributed by atoms with Crippen molar-refractivity contribution >= 4 is 11.6 Å². The highest BCUT2D eigenvalue weighted by atomic mass is 35.5. The van der Waals surface area contributed by atoms with Gasteiger partial charge in [0.05, 0.1) is 24.6 Å². The Morgan fingerprint density at radius 3 is 2.67 bits per heavy atom. The number of nitrogens with zero attached hydrogens (tertiary/aromatic N) is 5. The van der Waals surface area contributed by atoms with Gasteiger partial charge in [0.25, 0.3) is 5.56 Å². The van der Waals surface area contributed by atoms with Crippen LogP contribution in [0.3, 0.4) is 0 Å². The van der Waals surface area contributed by atoms with Gasteiger partial charge in [-0.1, -0.05) is 16.8 Å². The van der Waals surface area contributed by atoms with Gasteiger partial charge in [-0.25, -0.2) is 4.98 Å². The highest BCUT2D eigenvalue weighted by Gasteiger charge is 2.38. The van der Waals surface area contributed by atoms with Crippen LogP contribution in [0.15, 0.2) is 40.0 Å². The van der Waals surface area contributed by atoms with Gasteiger partial charge in [0.1, 0.15) is 5.15 Å². The lowest BCUT2D eigenvalue weighted by Crippen LogP contribution is -2.19. The molecular weight excluding hydrogens is 351 g/mol. The van der Waals surface area contributed by atoms with Crippen molar-refractivity contribution in [3.05, 3.63) is 57.8 Å². The molecule has 0 amide bonds. The van der Waals surface area contributed by atoms with Crippen molar-refractivity contribution in [2.75, 3.05) is 0 Å². The van der Waals surface area contributed by atoms with E-state index < -0.39 is 17.6 Å². The van der Waals surface area contributed by atoms with E-state index in [4.69, 9.17) is 11.6 Å². The smallest absolute Gasteiger partial charge is 0.329 e. The van der Waals surface area contributed by atoms with E-state index in [0.29, 0.717) is 5.69 Å². The summed E-state index contributed by atoms with van der Waals surface area (Å²) in [7, 11) is 0. The summed E-state index contributed by atoms with van der Waals surface area (Å²) in [5.74, 6) is -1.80. The maximum absolute atomic E-state index is 12.4. The Hall–Kier alpha value is -2.75. The molecule has 0 atom stereocenters. The summed E-state index contributed by atoms with van der Waals surface area (Å²) in [6, 6.07) is 2.49. The first kappa shape index (κ1) is 16.1. The molecule has 0 unspecified atom stereocenters. The van der Waals surface area contributed by atoms with Gasteiger partial charge in [-0.2, -0.15) is 18.2 Å². The van der Waals surface area contributed by atoms with Crippen molar-refractivity contribution < 1.29 is 17.7 Å². The topological polar surface area (TPSA) is 86.7 Å². The minimum atomic E-state index is -4.74. The quantitative estimate of drug-likeness (QED) is 0.715. The monoisotopic (exact) mass is 357 g/mol. The van der Waals surface area contributed by atoms with Crippen LogP contribution in [0.1, 0.15) is 11.6 Å². The van der Waals surface area contributed by atoms with E-state index in [-0.39, 0.29) is 23.1 Å². The summed E-state index contributed by atoms with van der Waals surface area (Å²) in [5, 5.41) is 3.41. The summed E-state index contributed by atoms with van der Waals surface area (Å²) in [4.78, 5) is 23.2. The number of alkyl halides is 3. The number of halogens is 4. The van der Waals surface area contributed by atoms with Gasteiger partial charge >= 0.3 is 12.1 Å². The fraction of sp³-hybridized carbons (Fsp3) is 0.154. The third kappa shape index (κ3) is 3.43. The average molecular weight is 358 g/mol. The molecule has 3 heterocycles. The van der Waals surface area contributed by atoms with Crippen molar-refractivity contribution in [3.63, 3.8) is 0 Å². The van der Waals surface area contributed by atoms with Gasteiger partial charge < -0.3 is 9.09 Å². The normalized spacial score (nSPS) is 11.7. The molecule has 0 spiro atoms. The van der Waals surface area contributed by atoms with Crippen molar-refractivity contribution in [2.24, 2.45) is 0 Å². The largest absolute Gasteiger partial charge is 0.471 e. The third-order valence-electron chi connectivity index (χ3n) is 2.91. The molecule has 0 aliphatic carbocycles. The maximum Gasteiger partial charge on any atom is 0.471 e. The highest BCUT2D eigenvalue weighted by molar-refractivity contribution is 6.29. The van der Waals surface area contributed by atoms with Gasteiger partial charge in [0, 0.05) is 17.8 Å². The Morgan fingerprint density at radius 2 is 2.04 bits per heavy atom. The summed E-state index contributed by atoms with van der Waals surface area (Å²) in [5.41, 5.74) is 0.0802. The van der Waals surface area contributed by atoms with E-state index in [9.17, 15) is 18.0 Å². The second kappa shape index (κ2) is 6.04. The molecule has 7 nitrogen and oxygen atoms in total. The Kier molecular flexibility index (Phi) is 4.06. The van der Waals surface area contributed by atoms with Gasteiger partial charge in [0.2, 0.25) is 5.82 Å². The van der Waals surface area contributed by atoms with E-state index in [2.05, 4.69) is 24.6 Å². The minimum Gasteiger partial charge on any atom is -0.329 e. The molecular formula is C13H7ClF3N5O2. The Labute approximate surface area is 136 Å². The summed E-state index contributed by atoms with van der Waals surface area (Å²) in [6.45, 7) is 0.104. The lowest BCUT2D eigenvalue weighted by atomic mass is 10.2. The fourth-order valence-corrected chi connectivity index (χ4v) is 2.03. The van der Waals surface area contributed by atoms with Crippen LogP contribution in [0.4, 0.5) is 13.2 Å². The zero-order chi connectivity index (χ0) is 17.3. The Balaban J connectivity index is 1.87. The van der Waals surface area contributed by atoms with E-state index in [1.165, 1.54) is 29.2 Å². The van der Waals surface area contributed by atoms with Crippen LogP contribution >= 0.6 is 11.6 Å². The van der Waals surface area contributed by atoms with Crippen LogP contribution in [-0.2, 0) is 12.7 Å². The highest BCUT2D eigenvalue weighted by Crippen LogP contribution is 2.29. The molecule has 3 aromatic heterocycles. The molecule has 0 aromatic carbocycles. The lowest BCUT2D eigenvalue weighted by Gasteiger charge is -2.05. The lowest BCUT2D eigenvalue weighted by molar-refractivity contribution is -0.159. The second-order valence-electron chi connectivity index (χ2n) is 4.64. The number of rotatable bonds is 3. The van der Waals surface area contributed by atoms with Crippen LogP contribution in [-0.4, -0.2) is 24.7 Å². The molecule has 0 fully saturated rings. The molecule has 0 saturated heterocycles. The SMILES string of the molecule is O=c1cc(-c2noc(C(F)(F)F)n2)ccn1Cc1cncc(Cl)n1. The average Bonchev–Trinajstić information content (AvgIpc) is 2.99. The van der Waals surface area contributed by atoms with Crippen molar-refractivity contribution in [1.82, 2.24) is 24.7 Å². The minimum absolute atomic E-state index is 0.104. The second-order valence-corrected chi connectivity index (χ2v) is 5.02. The molecule has 0 bridgehead atoms. The fourth-order valence-electron chi connectivity index (χ4n) is 1.86. The first-order valence-electron chi connectivity index (χ1n) is 6.41. The van der Waals surface area contributed by atoms with E-state index in [1.54, 1.807) is 0 Å². The molecule has 124 valence electrons. The molecule has 24 heavy (non-hydrogen) atoms. The van der Waals surface area contributed by atoms with Crippen LogP contribution in [0.25, 0.3) is 11.4 Å². The van der Waals surface area contributed by atoms with Crippen LogP contribution in [0, 0.1) is 0 Å². The summed E-state index contributed by atoms with van der Waals surface area (Å²) in [6.07, 6.45) is -0.568. The zero-order valence-electron chi connectivity index (χ0n) is 11.7. The maximum atomic E-state index is 12.4. The molecule has 0 aliphatic heterocycles. The first-order valence-corrected chi connectivity index (χ1v) is 6.79. The van der Waals surface area contributed by atoms with Crippen LogP contribution in [0.2, 0.25) is 5.15 Å². The van der Waals surface area contributed by atoms with Gasteiger partial charge in [0.15, 0.2) is 0 Å². The zero-order valence-corrected chi connectivity index (χ0v) is 12.4. The summed E-state index contributed by atoms with van der Waals surface area (Å²) >= 11 is 5.72. The number of hydrogen-bond donors (Lipinski definition) is 0. The molecule has 0 saturated carbocycles. The van der Waals surface area contributed by atoms with Crippen LogP contribution < -0.4 is 5.56 Å². The van der Waals surface area contributed by atoms with Crippen LogP contribution in [0.5, 0.6) is 0 Å². The third-order valence-corrected chi connectivity index (χ3v) is 3.09. The van der Waals surface area contributed by atoms with Crippen molar-refractivity contribution in [1.29, 1.82) is 0 Å². The van der Waals surface area contributed by atoms with Gasteiger partial charge in [-0.05, 0) is 6.07 Å². The molecule has 0 aliphatic rings. The van der Waals surface area contributed by atoms with Gasteiger partial charge in [-0.15, -0.1) is 0 Å². The number of hydrogen-bond acceptors (Lipinski definition) is 6. The molecule has 3 rings (SSSR count). The number of aromatic nitrogens is 5. The van der Waals surface area contributed by atoms with Crippen molar-refractivity contribution in [2.45, 2.75) is 12.7 Å². The van der Waals surface area contributed by atoms with E-state index in [1.807, 2.05) is 0 Å².